The van der Waals surface area contributed by atoms with Crippen molar-refractivity contribution in [1.29, 1.82) is 0 Å². The molecule has 0 spiro atoms. The molecule has 162 valence electrons. The van der Waals surface area contributed by atoms with Crippen molar-refractivity contribution in [3.05, 3.63) is 71.3 Å². The first-order chi connectivity index (χ1) is 15.1. The van der Waals surface area contributed by atoms with Crippen LogP contribution in [-0.2, 0) is 13.1 Å². The zero-order valence-corrected chi connectivity index (χ0v) is 18.6. The van der Waals surface area contributed by atoms with Gasteiger partial charge in [0.05, 0.1) is 21.3 Å². The fourth-order valence-electron chi connectivity index (χ4n) is 4.05. The molecule has 0 unspecified atom stereocenters. The molecule has 0 aromatic heterocycles. The lowest BCUT2D eigenvalue weighted by Crippen LogP contribution is -2.25. The first-order valence-corrected chi connectivity index (χ1v) is 10.5. The molecule has 0 atom stereocenters. The van der Waals surface area contributed by atoms with Crippen LogP contribution in [0.3, 0.4) is 0 Å². The molecule has 0 radical (unpaired) electrons. The summed E-state index contributed by atoms with van der Waals surface area (Å²) in [5, 5.41) is 0. The molecule has 1 heterocycles. The van der Waals surface area contributed by atoms with E-state index in [9.17, 15) is 0 Å². The standard InChI is InChI=1S/C26H29NO4/c1-18-8-10-19(11-9-18)16-27-12-13-31-25-21(17-27)14-20(15-24(25)29-3)22-6-5-7-23(28-2)26(22)30-4/h5-11,14-15H,12-13,16-17H2,1-4H3. The number of aryl methyl sites for hydroxylation is 1. The lowest BCUT2D eigenvalue weighted by molar-refractivity contribution is 0.217. The maximum Gasteiger partial charge on any atom is 0.168 e. The van der Waals surface area contributed by atoms with Crippen LogP contribution < -0.4 is 18.9 Å². The summed E-state index contributed by atoms with van der Waals surface area (Å²) in [5.41, 5.74) is 5.63. The molecule has 0 amide bonds. The summed E-state index contributed by atoms with van der Waals surface area (Å²) in [5.74, 6) is 2.96. The van der Waals surface area contributed by atoms with Gasteiger partial charge in [-0.2, -0.15) is 0 Å². The molecular formula is C26H29NO4. The van der Waals surface area contributed by atoms with Crippen molar-refractivity contribution in [3.63, 3.8) is 0 Å². The minimum Gasteiger partial charge on any atom is -0.493 e. The molecule has 0 fully saturated rings. The topological polar surface area (TPSA) is 40.2 Å². The number of methoxy groups -OCH3 is 3. The Kier molecular flexibility index (Phi) is 6.33. The zero-order chi connectivity index (χ0) is 21.8. The van der Waals surface area contributed by atoms with Crippen LogP contribution in [0, 0.1) is 6.92 Å². The van der Waals surface area contributed by atoms with Gasteiger partial charge in [-0.3, -0.25) is 4.90 Å². The van der Waals surface area contributed by atoms with Crippen LogP contribution in [0.15, 0.2) is 54.6 Å². The third-order valence-electron chi connectivity index (χ3n) is 5.64. The smallest absolute Gasteiger partial charge is 0.168 e. The van der Waals surface area contributed by atoms with Gasteiger partial charge in [0.25, 0.3) is 0 Å². The highest BCUT2D eigenvalue weighted by Crippen LogP contribution is 2.43. The van der Waals surface area contributed by atoms with Crippen molar-refractivity contribution >= 4 is 0 Å². The molecule has 0 bridgehead atoms. The predicted octanol–water partition coefficient (Wildman–Crippen LogP) is 5.08. The monoisotopic (exact) mass is 419 g/mol. The van der Waals surface area contributed by atoms with Gasteiger partial charge in [0.2, 0.25) is 0 Å². The van der Waals surface area contributed by atoms with Gasteiger partial charge in [0.15, 0.2) is 23.0 Å². The van der Waals surface area contributed by atoms with Crippen molar-refractivity contribution in [2.24, 2.45) is 0 Å². The Hall–Kier alpha value is -3.18. The van der Waals surface area contributed by atoms with Crippen LogP contribution in [-0.4, -0.2) is 39.4 Å². The Bertz CT molecular complexity index is 1050. The number of hydrogen-bond donors (Lipinski definition) is 0. The number of para-hydroxylation sites is 1. The Morgan fingerprint density at radius 3 is 2.39 bits per heavy atom. The molecule has 31 heavy (non-hydrogen) atoms. The molecule has 1 aliphatic rings. The molecule has 5 heteroatoms. The van der Waals surface area contributed by atoms with E-state index in [1.54, 1.807) is 21.3 Å². The predicted molar refractivity (Wildman–Crippen MR) is 122 cm³/mol. The number of ether oxygens (including phenoxy) is 4. The van der Waals surface area contributed by atoms with Gasteiger partial charge in [-0.1, -0.05) is 42.0 Å². The minimum absolute atomic E-state index is 0.622. The van der Waals surface area contributed by atoms with Gasteiger partial charge in [-0.15, -0.1) is 0 Å². The Morgan fingerprint density at radius 1 is 0.903 bits per heavy atom. The van der Waals surface area contributed by atoms with Gasteiger partial charge < -0.3 is 18.9 Å². The van der Waals surface area contributed by atoms with E-state index in [2.05, 4.69) is 42.2 Å². The maximum absolute atomic E-state index is 6.13. The molecule has 3 aromatic carbocycles. The molecule has 0 saturated carbocycles. The van der Waals surface area contributed by atoms with Crippen molar-refractivity contribution in [2.45, 2.75) is 20.0 Å². The normalized spacial score (nSPS) is 13.7. The van der Waals surface area contributed by atoms with E-state index in [-0.39, 0.29) is 0 Å². The number of benzene rings is 3. The molecular weight excluding hydrogens is 390 g/mol. The van der Waals surface area contributed by atoms with Crippen LogP contribution in [0.5, 0.6) is 23.0 Å². The molecule has 0 N–H and O–H groups in total. The van der Waals surface area contributed by atoms with Crippen molar-refractivity contribution in [1.82, 2.24) is 4.90 Å². The van der Waals surface area contributed by atoms with Crippen molar-refractivity contribution in [2.75, 3.05) is 34.5 Å². The van der Waals surface area contributed by atoms with Gasteiger partial charge >= 0.3 is 0 Å². The summed E-state index contributed by atoms with van der Waals surface area (Å²) < 4.78 is 23.0. The summed E-state index contributed by atoms with van der Waals surface area (Å²) in [7, 11) is 4.99. The van der Waals surface area contributed by atoms with Crippen molar-refractivity contribution in [3.8, 4) is 34.1 Å². The summed E-state index contributed by atoms with van der Waals surface area (Å²) in [6.45, 7) is 5.23. The maximum atomic E-state index is 6.13. The van der Waals surface area contributed by atoms with Crippen LogP contribution in [0.1, 0.15) is 16.7 Å². The van der Waals surface area contributed by atoms with E-state index < -0.39 is 0 Å². The van der Waals surface area contributed by atoms with E-state index in [1.165, 1.54) is 11.1 Å². The molecule has 3 aromatic rings. The SMILES string of the molecule is COc1cc(-c2cccc(OC)c2OC)cc2c1OCCN(Cc1ccc(C)cc1)C2. The summed E-state index contributed by atoms with van der Waals surface area (Å²) in [6.07, 6.45) is 0. The second kappa shape index (κ2) is 9.31. The second-order valence-corrected chi connectivity index (χ2v) is 7.75. The van der Waals surface area contributed by atoms with Gasteiger partial charge in [-0.25, -0.2) is 0 Å². The van der Waals surface area contributed by atoms with E-state index >= 15 is 0 Å². The average molecular weight is 420 g/mol. The van der Waals surface area contributed by atoms with Crippen LogP contribution >= 0.6 is 0 Å². The van der Waals surface area contributed by atoms with E-state index in [4.69, 9.17) is 18.9 Å². The average Bonchev–Trinajstić information content (AvgIpc) is 3.00. The lowest BCUT2D eigenvalue weighted by Gasteiger charge is -2.20. The summed E-state index contributed by atoms with van der Waals surface area (Å²) in [6, 6.07) is 18.8. The molecule has 4 rings (SSSR count). The number of rotatable bonds is 6. The summed E-state index contributed by atoms with van der Waals surface area (Å²) >= 11 is 0. The van der Waals surface area contributed by atoms with Gasteiger partial charge in [0, 0.05) is 30.8 Å². The highest BCUT2D eigenvalue weighted by molar-refractivity contribution is 5.77. The highest BCUT2D eigenvalue weighted by atomic mass is 16.5. The fraction of sp³-hybridized carbons (Fsp3) is 0.308. The largest absolute Gasteiger partial charge is 0.493 e. The third-order valence-corrected chi connectivity index (χ3v) is 5.64. The van der Waals surface area contributed by atoms with Crippen LogP contribution in [0.25, 0.3) is 11.1 Å². The quantitative estimate of drug-likeness (QED) is 0.557. The van der Waals surface area contributed by atoms with Gasteiger partial charge in [-0.05, 0) is 36.2 Å². The number of nitrogens with zero attached hydrogens (tertiary/aromatic N) is 1. The van der Waals surface area contributed by atoms with E-state index in [1.807, 2.05) is 24.3 Å². The molecule has 0 aliphatic carbocycles. The van der Waals surface area contributed by atoms with E-state index in [0.717, 1.165) is 47.8 Å². The number of hydrogen-bond acceptors (Lipinski definition) is 5. The Balaban J connectivity index is 1.71. The highest BCUT2D eigenvalue weighted by Gasteiger charge is 2.22. The molecule has 0 saturated heterocycles. The minimum atomic E-state index is 0.622. The van der Waals surface area contributed by atoms with Crippen LogP contribution in [0.4, 0.5) is 0 Å². The molecule has 5 nitrogen and oxygen atoms in total. The molecule has 1 aliphatic heterocycles. The second-order valence-electron chi connectivity index (χ2n) is 7.75. The Morgan fingerprint density at radius 2 is 1.68 bits per heavy atom. The van der Waals surface area contributed by atoms with Gasteiger partial charge in [0.1, 0.15) is 6.61 Å². The third kappa shape index (κ3) is 4.47. The Labute approximate surface area is 184 Å². The first-order valence-electron chi connectivity index (χ1n) is 10.5. The van der Waals surface area contributed by atoms with Crippen molar-refractivity contribution < 1.29 is 18.9 Å². The fourth-order valence-corrected chi connectivity index (χ4v) is 4.05. The zero-order valence-electron chi connectivity index (χ0n) is 18.6. The first kappa shape index (κ1) is 21.1. The summed E-state index contributed by atoms with van der Waals surface area (Å²) in [4.78, 5) is 2.41. The van der Waals surface area contributed by atoms with E-state index in [0.29, 0.717) is 18.1 Å². The lowest BCUT2D eigenvalue weighted by atomic mass is 10.00. The van der Waals surface area contributed by atoms with Crippen LogP contribution in [0.2, 0.25) is 0 Å². The number of fused-ring (bicyclic) bond motifs is 1.